The standard InChI is InChI=1S/C10H14N2/c1-3-8(2)12-10-7-5-4-6-9(10)11/h4-7H,3,11H2,1-2H3. The number of nitrogens with two attached hydrogens (primary N) is 1. The Hall–Kier alpha value is -1.31. The number of anilines is 1. The number of para-hydroxylation sites is 2. The molecule has 0 saturated carbocycles. The molecule has 2 heteroatoms. The zero-order valence-electron chi connectivity index (χ0n) is 7.54. The van der Waals surface area contributed by atoms with Crippen molar-refractivity contribution >= 4 is 17.1 Å². The van der Waals surface area contributed by atoms with Crippen LogP contribution in [0.5, 0.6) is 0 Å². The van der Waals surface area contributed by atoms with Gasteiger partial charge in [0.2, 0.25) is 0 Å². The van der Waals surface area contributed by atoms with Gasteiger partial charge in [0.05, 0.1) is 11.4 Å². The third kappa shape index (κ3) is 2.09. The predicted molar refractivity (Wildman–Crippen MR) is 53.9 cm³/mol. The number of hydrogen-bond acceptors (Lipinski definition) is 2. The van der Waals surface area contributed by atoms with Gasteiger partial charge < -0.3 is 5.73 Å². The van der Waals surface area contributed by atoms with Gasteiger partial charge in [-0.1, -0.05) is 19.1 Å². The Morgan fingerprint density at radius 2 is 2.08 bits per heavy atom. The molecule has 0 amide bonds. The van der Waals surface area contributed by atoms with Crippen LogP contribution >= 0.6 is 0 Å². The molecule has 2 nitrogen and oxygen atoms in total. The normalized spacial score (nSPS) is 11.7. The molecule has 1 aromatic rings. The van der Waals surface area contributed by atoms with Crippen molar-refractivity contribution < 1.29 is 0 Å². The Morgan fingerprint density at radius 3 is 2.67 bits per heavy atom. The Kier molecular flexibility index (Phi) is 2.86. The molecule has 0 aromatic heterocycles. The lowest BCUT2D eigenvalue weighted by molar-refractivity contribution is 1.25. The highest BCUT2D eigenvalue weighted by Crippen LogP contribution is 2.20. The fourth-order valence-corrected chi connectivity index (χ4v) is 0.874. The van der Waals surface area contributed by atoms with Crippen LogP contribution in [0.2, 0.25) is 0 Å². The molecule has 64 valence electrons. The van der Waals surface area contributed by atoms with E-state index in [2.05, 4.69) is 11.9 Å². The van der Waals surface area contributed by atoms with E-state index in [1.807, 2.05) is 31.2 Å². The highest BCUT2D eigenvalue weighted by Gasteiger charge is 1.94. The fraction of sp³-hybridized carbons (Fsp3) is 0.300. The predicted octanol–water partition coefficient (Wildman–Crippen LogP) is 2.77. The van der Waals surface area contributed by atoms with Crippen molar-refractivity contribution in [2.24, 2.45) is 4.99 Å². The van der Waals surface area contributed by atoms with Gasteiger partial charge in [0.15, 0.2) is 0 Å². The highest BCUT2D eigenvalue weighted by molar-refractivity contribution is 5.86. The van der Waals surface area contributed by atoms with Crippen molar-refractivity contribution in [2.45, 2.75) is 20.3 Å². The van der Waals surface area contributed by atoms with Gasteiger partial charge in [-0.05, 0) is 25.5 Å². The fourth-order valence-electron chi connectivity index (χ4n) is 0.874. The first kappa shape index (κ1) is 8.78. The second-order valence-electron chi connectivity index (χ2n) is 2.76. The van der Waals surface area contributed by atoms with Crippen molar-refractivity contribution in [3.05, 3.63) is 24.3 Å². The maximum Gasteiger partial charge on any atom is 0.0858 e. The van der Waals surface area contributed by atoms with E-state index < -0.39 is 0 Å². The molecule has 0 spiro atoms. The minimum absolute atomic E-state index is 0.741. The van der Waals surface area contributed by atoms with Crippen molar-refractivity contribution in [1.29, 1.82) is 0 Å². The third-order valence-corrected chi connectivity index (χ3v) is 1.76. The van der Waals surface area contributed by atoms with Gasteiger partial charge in [-0.15, -0.1) is 0 Å². The summed E-state index contributed by atoms with van der Waals surface area (Å²) in [7, 11) is 0. The van der Waals surface area contributed by atoms with Crippen LogP contribution in [-0.2, 0) is 0 Å². The lowest BCUT2D eigenvalue weighted by Gasteiger charge is -1.99. The van der Waals surface area contributed by atoms with Gasteiger partial charge in [0.1, 0.15) is 0 Å². The molecule has 0 unspecified atom stereocenters. The van der Waals surface area contributed by atoms with Crippen LogP contribution in [0.15, 0.2) is 29.3 Å². The number of nitrogen functional groups attached to an aromatic ring is 1. The Bertz CT molecular complexity index is 290. The minimum Gasteiger partial charge on any atom is -0.397 e. The van der Waals surface area contributed by atoms with Crippen molar-refractivity contribution in [2.75, 3.05) is 5.73 Å². The molecular weight excluding hydrogens is 148 g/mol. The van der Waals surface area contributed by atoms with E-state index in [0.29, 0.717) is 0 Å². The molecule has 12 heavy (non-hydrogen) atoms. The van der Waals surface area contributed by atoms with Gasteiger partial charge in [-0.2, -0.15) is 0 Å². The average molecular weight is 162 g/mol. The van der Waals surface area contributed by atoms with Crippen LogP contribution in [0.1, 0.15) is 20.3 Å². The first-order chi connectivity index (χ1) is 5.74. The van der Waals surface area contributed by atoms with E-state index in [9.17, 15) is 0 Å². The molecule has 0 heterocycles. The van der Waals surface area contributed by atoms with Crippen LogP contribution in [0.25, 0.3) is 0 Å². The Balaban J connectivity index is 2.96. The molecule has 0 radical (unpaired) electrons. The summed E-state index contributed by atoms with van der Waals surface area (Å²) in [5, 5.41) is 0. The smallest absolute Gasteiger partial charge is 0.0858 e. The maximum atomic E-state index is 5.72. The summed E-state index contributed by atoms with van der Waals surface area (Å²) < 4.78 is 0. The summed E-state index contributed by atoms with van der Waals surface area (Å²) >= 11 is 0. The van der Waals surface area contributed by atoms with Crippen LogP contribution in [-0.4, -0.2) is 5.71 Å². The lowest BCUT2D eigenvalue weighted by atomic mass is 10.2. The summed E-state index contributed by atoms with van der Waals surface area (Å²) in [6.45, 7) is 4.09. The van der Waals surface area contributed by atoms with E-state index in [-0.39, 0.29) is 0 Å². The van der Waals surface area contributed by atoms with Gasteiger partial charge in [-0.3, -0.25) is 4.99 Å². The molecule has 0 bridgehead atoms. The van der Waals surface area contributed by atoms with Crippen LogP contribution < -0.4 is 5.73 Å². The Morgan fingerprint density at radius 1 is 1.42 bits per heavy atom. The topological polar surface area (TPSA) is 38.4 Å². The summed E-state index contributed by atoms with van der Waals surface area (Å²) in [4.78, 5) is 4.37. The number of aliphatic imine (C=N–C) groups is 1. The average Bonchev–Trinajstić information content (AvgIpc) is 2.09. The van der Waals surface area contributed by atoms with E-state index in [0.717, 1.165) is 23.5 Å². The van der Waals surface area contributed by atoms with Crippen molar-refractivity contribution in [3.8, 4) is 0 Å². The highest BCUT2D eigenvalue weighted by atomic mass is 14.8. The first-order valence-corrected chi connectivity index (χ1v) is 4.12. The molecule has 0 aliphatic heterocycles. The zero-order valence-corrected chi connectivity index (χ0v) is 7.54. The minimum atomic E-state index is 0.741. The molecule has 1 rings (SSSR count). The van der Waals surface area contributed by atoms with E-state index >= 15 is 0 Å². The maximum absolute atomic E-state index is 5.72. The van der Waals surface area contributed by atoms with Crippen molar-refractivity contribution in [3.63, 3.8) is 0 Å². The number of nitrogens with zero attached hydrogens (tertiary/aromatic N) is 1. The summed E-state index contributed by atoms with van der Waals surface area (Å²) in [5.41, 5.74) is 8.43. The van der Waals surface area contributed by atoms with Gasteiger partial charge in [-0.25, -0.2) is 0 Å². The van der Waals surface area contributed by atoms with Crippen LogP contribution in [0.4, 0.5) is 11.4 Å². The first-order valence-electron chi connectivity index (χ1n) is 4.12. The number of hydrogen-bond donors (Lipinski definition) is 1. The molecule has 0 aliphatic rings. The number of rotatable bonds is 2. The largest absolute Gasteiger partial charge is 0.397 e. The number of benzene rings is 1. The molecule has 2 N–H and O–H groups in total. The molecule has 0 atom stereocenters. The second-order valence-corrected chi connectivity index (χ2v) is 2.76. The van der Waals surface area contributed by atoms with E-state index in [1.165, 1.54) is 0 Å². The molecular formula is C10H14N2. The molecule has 0 aliphatic carbocycles. The second kappa shape index (κ2) is 3.90. The lowest BCUT2D eigenvalue weighted by Crippen LogP contribution is -1.89. The van der Waals surface area contributed by atoms with Crippen LogP contribution in [0, 0.1) is 0 Å². The third-order valence-electron chi connectivity index (χ3n) is 1.76. The Labute approximate surface area is 73.1 Å². The van der Waals surface area contributed by atoms with Crippen LogP contribution in [0.3, 0.4) is 0 Å². The molecule has 0 saturated heterocycles. The van der Waals surface area contributed by atoms with Gasteiger partial charge in [0.25, 0.3) is 0 Å². The summed E-state index contributed by atoms with van der Waals surface area (Å²) in [6, 6.07) is 7.64. The molecule has 0 fully saturated rings. The summed E-state index contributed by atoms with van der Waals surface area (Å²) in [5.74, 6) is 0. The van der Waals surface area contributed by atoms with E-state index in [4.69, 9.17) is 5.73 Å². The van der Waals surface area contributed by atoms with E-state index in [1.54, 1.807) is 0 Å². The zero-order chi connectivity index (χ0) is 8.97. The summed E-state index contributed by atoms with van der Waals surface area (Å²) in [6.07, 6.45) is 0.967. The van der Waals surface area contributed by atoms with Gasteiger partial charge in [0, 0.05) is 5.71 Å². The van der Waals surface area contributed by atoms with Gasteiger partial charge >= 0.3 is 0 Å². The SMILES string of the molecule is CCC(C)=Nc1ccccc1N. The van der Waals surface area contributed by atoms with Crippen molar-refractivity contribution in [1.82, 2.24) is 0 Å². The quantitative estimate of drug-likeness (QED) is 0.527. The monoisotopic (exact) mass is 162 g/mol. The molecule has 1 aromatic carbocycles.